The highest BCUT2D eigenvalue weighted by atomic mass is 16.1. The van der Waals surface area contributed by atoms with Crippen LogP contribution in [-0.2, 0) is 10.2 Å². The van der Waals surface area contributed by atoms with Crippen molar-refractivity contribution >= 4 is 5.78 Å². The fourth-order valence-electron chi connectivity index (χ4n) is 4.64. The Hall–Kier alpha value is -1.11. The van der Waals surface area contributed by atoms with Crippen molar-refractivity contribution in [2.24, 2.45) is 11.8 Å². The van der Waals surface area contributed by atoms with Gasteiger partial charge in [0.05, 0.1) is 5.41 Å². The Morgan fingerprint density at radius 3 is 2.24 bits per heavy atom. The minimum atomic E-state index is -0.148. The first-order valence-electron chi connectivity index (χ1n) is 8.86. The molecule has 0 spiro atoms. The maximum atomic E-state index is 13.3. The summed E-state index contributed by atoms with van der Waals surface area (Å²) >= 11 is 0. The molecule has 2 fully saturated rings. The molecule has 3 rings (SSSR count). The van der Waals surface area contributed by atoms with Crippen LogP contribution in [0, 0.1) is 11.8 Å². The van der Waals surface area contributed by atoms with Crippen molar-refractivity contribution < 1.29 is 4.79 Å². The summed E-state index contributed by atoms with van der Waals surface area (Å²) in [5.41, 5.74) is 1.13. The second-order valence-electron chi connectivity index (χ2n) is 7.15. The second-order valence-corrected chi connectivity index (χ2v) is 7.15. The van der Waals surface area contributed by atoms with E-state index < -0.39 is 0 Å². The highest BCUT2D eigenvalue weighted by molar-refractivity contribution is 5.92. The zero-order valence-electron chi connectivity index (χ0n) is 13.3. The predicted octanol–water partition coefficient (Wildman–Crippen LogP) is 5.28. The van der Waals surface area contributed by atoms with Gasteiger partial charge in [-0.2, -0.15) is 0 Å². The average Bonchev–Trinajstić information content (AvgIpc) is 3.06. The first kappa shape index (κ1) is 14.8. The molecule has 0 unspecified atom stereocenters. The van der Waals surface area contributed by atoms with E-state index in [0.717, 1.165) is 31.6 Å². The normalized spacial score (nSPS) is 28.4. The molecule has 0 heterocycles. The van der Waals surface area contributed by atoms with Crippen molar-refractivity contribution in [1.82, 2.24) is 0 Å². The minimum absolute atomic E-state index is 0.148. The van der Waals surface area contributed by atoms with E-state index in [9.17, 15) is 4.79 Å². The number of benzene rings is 1. The van der Waals surface area contributed by atoms with Gasteiger partial charge in [-0.3, -0.25) is 4.79 Å². The summed E-state index contributed by atoms with van der Waals surface area (Å²) in [6.45, 7) is 2.29. The topological polar surface area (TPSA) is 17.1 Å². The minimum Gasteiger partial charge on any atom is -0.298 e. The van der Waals surface area contributed by atoms with Crippen LogP contribution in [0.1, 0.15) is 70.3 Å². The zero-order valence-corrected chi connectivity index (χ0v) is 13.3. The SMILES string of the molecule is CCC1CCC(C(=O)C2(c3ccccc3)CCCC2)CC1. The van der Waals surface area contributed by atoms with E-state index in [1.807, 2.05) is 0 Å². The molecule has 0 aliphatic heterocycles. The van der Waals surface area contributed by atoms with Crippen LogP contribution >= 0.6 is 0 Å². The van der Waals surface area contributed by atoms with Crippen LogP contribution in [0.3, 0.4) is 0 Å². The molecule has 0 saturated heterocycles. The van der Waals surface area contributed by atoms with Gasteiger partial charge in [-0.15, -0.1) is 0 Å². The number of ketones is 1. The molecule has 21 heavy (non-hydrogen) atoms. The van der Waals surface area contributed by atoms with Crippen molar-refractivity contribution in [3.05, 3.63) is 35.9 Å². The number of hydrogen-bond donors (Lipinski definition) is 0. The number of hydrogen-bond acceptors (Lipinski definition) is 1. The molecule has 1 nitrogen and oxygen atoms in total. The van der Waals surface area contributed by atoms with Crippen molar-refractivity contribution in [3.8, 4) is 0 Å². The fraction of sp³-hybridized carbons (Fsp3) is 0.650. The summed E-state index contributed by atoms with van der Waals surface area (Å²) in [4.78, 5) is 13.3. The Morgan fingerprint density at radius 1 is 1.05 bits per heavy atom. The molecule has 0 N–H and O–H groups in total. The lowest BCUT2D eigenvalue weighted by atomic mass is 9.67. The van der Waals surface area contributed by atoms with E-state index in [4.69, 9.17) is 0 Å². The van der Waals surface area contributed by atoms with Crippen LogP contribution in [-0.4, -0.2) is 5.78 Å². The molecule has 0 bridgehead atoms. The Kier molecular flexibility index (Phi) is 4.47. The third-order valence-electron chi connectivity index (χ3n) is 6.05. The smallest absolute Gasteiger partial charge is 0.146 e. The van der Waals surface area contributed by atoms with Gasteiger partial charge in [0.15, 0.2) is 0 Å². The number of rotatable bonds is 4. The molecule has 0 aromatic heterocycles. The number of Topliss-reactive ketones (excluding diaryl/α,β-unsaturated/α-hetero) is 1. The van der Waals surface area contributed by atoms with Gasteiger partial charge >= 0.3 is 0 Å². The zero-order chi connectivity index (χ0) is 14.7. The molecule has 0 radical (unpaired) electrons. The van der Waals surface area contributed by atoms with Gasteiger partial charge in [0, 0.05) is 5.92 Å². The molecular weight excluding hydrogens is 256 g/mol. The highest BCUT2D eigenvalue weighted by Crippen LogP contribution is 2.46. The number of carbonyl (C=O) groups excluding carboxylic acids is 1. The molecule has 1 heteroatoms. The molecular formula is C20H28O. The van der Waals surface area contributed by atoms with E-state index in [1.54, 1.807) is 0 Å². The molecule has 2 aliphatic carbocycles. The molecule has 2 saturated carbocycles. The van der Waals surface area contributed by atoms with Crippen LogP contribution < -0.4 is 0 Å². The van der Waals surface area contributed by atoms with E-state index in [2.05, 4.69) is 37.3 Å². The van der Waals surface area contributed by atoms with Gasteiger partial charge in [0.25, 0.3) is 0 Å². The maximum absolute atomic E-state index is 13.3. The van der Waals surface area contributed by atoms with Crippen molar-refractivity contribution in [3.63, 3.8) is 0 Å². The molecule has 2 aliphatic rings. The Bertz CT molecular complexity index is 462. The molecule has 0 atom stereocenters. The van der Waals surface area contributed by atoms with E-state index in [0.29, 0.717) is 11.7 Å². The Morgan fingerprint density at radius 2 is 1.67 bits per heavy atom. The summed E-state index contributed by atoms with van der Waals surface area (Å²) in [5, 5.41) is 0. The summed E-state index contributed by atoms with van der Waals surface area (Å²) < 4.78 is 0. The van der Waals surface area contributed by atoms with Gasteiger partial charge in [0.1, 0.15) is 5.78 Å². The number of carbonyl (C=O) groups is 1. The van der Waals surface area contributed by atoms with Crippen LogP contribution in [0.25, 0.3) is 0 Å². The van der Waals surface area contributed by atoms with Crippen molar-refractivity contribution in [2.75, 3.05) is 0 Å². The van der Waals surface area contributed by atoms with Crippen molar-refractivity contribution in [2.45, 2.75) is 70.1 Å². The van der Waals surface area contributed by atoms with Gasteiger partial charge < -0.3 is 0 Å². The first-order valence-corrected chi connectivity index (χ1v) is 8.86. The van der Waals surface area contributed by atoms with Crippen LogP contribution in [0.5, 0.6) is 0 Å². The fourth-order valence-corrected chi connectivity index (χ4v) is 4.64. The lowest BCUT2D eigenvalue weighted by molar-refractivity contribution is -0.129. The molecule has 1 aromatic carbocycles. The van der Waals surface area contributed by atoms with Crippen LogP contribution in [0.4, 0.5) is 0 Å². The lowest BCUT2D eigenvalue weighted by Gasteiger charge is -2.35. The van der Waals surface area contributed by atoms with E-state index in [-0.39, 0.29) is 5.41 Å². The Labute approximate surface area is 129 Å². The van der Waals surface area contributed by atoms with Gasteiger partial charge in [0.2, 0.25) is 0 Å². The Balaban J connectivity index is 1.80. The monoisotopic (exact) mass is 284 g/mol. The lowest BCUT2D eigenvalue weighted by Crippen LogP contribution is -2.39. The molecule has 114 valence electrons. The van der Waals surface area contributed by atoms with Gasteiger partial charge in [-0.25, -0.2) is 0 Å². The largest absolute Gasteiger partial charge is 0.298 e. The molecule has 0 amide bonds. The summed E-state index contributed by atoms with van der Waals surface area (Å²) in [6.07, 6.45) is 10.6. The summed E-state index contributed by atoms with van der Waals surface area (Å²) in [6, 6.07) is 10.6. The van der Waals surface area contributed by atoms with Gasteiger partial charge in [-0.05, 0) is 50.0 Å². The summed E-state index contributed by atoms with van der Waals surface area (Å²) in [7, 11) is 0. The third-order valence-corrected chi connectivity index (χ3v) is 6.05. The average molecular weight is 284 g/mol. The first-order chi connectivity index (χ1) is 10.3. The van der Waals surface area contributed by atoms with E-state index >= 15 is 0 Å². The van der Waals surface area contributed by atoms with Gasteiger partial charge in [-0.1, -0.05) is 56.5 Å². The predicted molar refractivity (Wildman–Crippen MR) is 87.3 cm³/mol. The van der Waals surface area contributed by atoms with Crippen LogP contribution in [0.2, 0.25) is 0 Å². The third kappa shape index (κ3) is 2.80. The van der Waals surface area contributed by atoms with Crippen LogP contribution in [0.15, 0.2) is 30.3 Å². The summed E-state index contributed by atoms with van der Waals surface area (Å²) in [5.74, 6) is 1.76. The molecule has 1 aromatic rings. The van der Waals surface area contributed by atoms with E-state index in [1.165, 1.54) is 37.7 Å². The quantitative estimate of drug-likeness (QED) is 0.734. The second kappa shape index (κ2) is 6.34. The van der Waals surface area contributed by atoms with Crippen molar-refractivity contribution in [1.29, 1.82) is 0 Å². The maximum Gasteiger partial charge on any atom is 0.146 e. The highest BCUT2D eigenvalue weighted by Gasteiger charge is 2.45. The standard InChI is InChI=1S/C20H28O/c1-2-16-10-12-17(13-11-16)19(21)20(14-6-7-15-20)18-8-4-3-5-9-18/h3-5,8-9,16-17H,2,6-7,10-15H2,1H3.